The highest BCUT2D eigenvalue weighted by molar-refractivity contribution is 7.89. The molecule has 0 aliphatic rings. The third-order valence-corrected chi connectivity index (χ3v) is 3.94. The maximum Gasteiger partial charge on any atom is 0.240 e. The molecule has 0 aliphatic heterocycles. The van der Waals surface area contributed by atoms with Gasteiger partial charge in [-0.1, -0.05) is 0 Å². The van der Waals surface area contributed by atoms with Gasteiger partial charge in [-0.2, -0.15) is 5.26 Å². The fraction of sp³-hybridized carbons (Fsp3) is 0.154. The van der Waals surface area contributed by atoms with Gasteiger partial charge >= 0.3 is 0 Å². The molecule has 1 N–H and O–H groups in total. The Morgan fingerprint density at radius 2 is 1.89 bits per heavy atom. The van der Waals surface area contributed by atoms with Gasteiger partial charge in [0.15, 0.2) is 0 Å². The van der Waals surface area contributed by atoms with Gasteiger partial charge in [-0.05, 0) is 43.3 Å². The molecule has 0 unspecified atom stereocenters. The van der Waals surface area contributed by atoms with Crippen LogP contribution in [-0.2, 0) is 16.6 Å². The van der Waals surface area contributed by atoms with Crippen molar-refractivity contribution in [3.8, 4) is 6.07 Å². The normalized spacial score (nSPS) is 11.2. The van der Waals surface area contributed by atoms with Gasteiger partial charge in [0.1, 0.15) is 11.5 Å². The molecule has 2 rings (SSSR count). The Hall–Kier alpha value is -2.10. The zero-order valence-electron chi connectivity index (χ0n) is 10.3. The molecule has 0 bridgehead atoms. The van der Waals surface area contributed by atoms with Crippen LogP contribution in [0.1, 0.15) is 17.1 Å². The zero-order chi connectivity index (χ0) is 13.9. The van der Waals surface area contributed by atoms with Crippen molar-refractivity contribution in [2.24, 2.45) is 0 Å². The summed E-state index contributed by atoms with van der Waals surface area (Å²) in [6.07, 6.45) is 0. The van der Waals surface area contributed by atoms with E-state index in [2.05, 4.69) is 4.72 Å². The minimum absolute atomic E-state index is 0.0934. The number of sulfonamides is 1. The highest BCUT2D eigenvalue weighted by atomic mass is 32.2. The maximum atomic E-state index is 12.0. The molecule has 1 aromatic carbocycles. The third-order valence-electron chi connectivity index (χ3n) is 2.53. The summed E-state index contributed by atoms with van der Waals surface area (Å²) in [5.74, 6) is 1.28. The van der Waals surface area contributed by atoms with E-state index in [9.17, 15) is 8.42 Å². The molecule has 0 radical (unpaired) electrons. The molecule has 0 atom stereocenters. The first-order chi connectivity index (χ1) is 9.01. The van der Waals surface area contributed by atoms with E-state index in [-0.39, 0.29) is 11.4 Å². The van der Waals surface area contributed by atoms with Crippen molar-refractivity contribution in [3.63, 3.8) is 0 Å². The van der Waals surface area contributed by atoms with Crippen molar-refractivity contribution < 1.29 is 12.8 Å². The lowest BCUT2D eigenvalue weighted by atomic mass is 10.2. The zero-order valence-corrected chi connectivity index (χ0v) is 11.1. The average molecular weight is 276 g/mol. The number of nitrogens with zero attached hydrogens (tertiary/aromatic N) is 1. The summed E-state index contributed by atoms with van der Waals surface area (Å²) in [5.41, 5.74) is 0.417. The first kappa shape index (κ1) is 13.3. The van der Waals surface area contributed by atoms with Gasteiger partial charge in [-0.25, -0.2) is 13.1 Å². The van der Waals surface area contributed by atoms with Crippen LogP contribution >= 0.6 is 0 Å². The number of aryl methyl sites for hydroxylation is 1. The van der Waals surface area contributed by atoms with Crippen molar-refractivity contribution in [2.75, 3.05) is 0 Å². The van der Waals surface area contributed by atoms with Crippen molar-refractivity contribution >= 4 is 10.0 Å². The number of benzene rings is 1. The SMILES string of the molecule is Cc1ccc(CNS(=O)(=O)c2ccc(C#N)cc2)o1. The monoisotopic (exact) mass is 276 g/mol. The number of hydrogen-bond acceptors (Lipinski definition) is 4. The molecule has 0 spiro atoms. The average Bonchev–Trinajstić information content (AvgIpc) is 2.82. The van der Waals surface area contributed by atoms with E-state index >= 15 is 0 Å². The molecular formula is C13H12N2O3S. The Bertz CT molecular complexity index is 709. The van der Waals surface area contributed by atoms with Crippen LogP contribution < -0.4 is 4.72 Å². The van der Waals surface area contributed by atoms with Gasteiger partial charge in [0.25, 0.3) is 0 Å². The Labute approximate surface area is 111 Å². The Morgan fingerprint density at radius 1 is 1.21 bits per heavy atom. The molecule has 0 aliphatic carbocycles. The first-order valence-electron chi connectivity index (χ1n) is 5.56. The summed E-state index contributed by atoms with van der Waals surface area (Å²) in [4.78, 5) is 0.120. The quantitative estimate of drug-likeness (QED) is 0.925. The lowest BCUT2D eigenvalue weighted by molar-refractivity contribution is 0.475. The summed E-state index contributed by atoms with van der Waals surface area (Å²) in [6.45, 7) is 1.88. The highest BCUT2D eigenvalue weighted by Gasteiger charge is 2.14. The minimum Gasteiger partial charge on any atom is -0.465 e. The molecule has 0 saturated heterocycles. The van der Waals surface area contributed by atoms with E-state index in [0.717, 1.165) is 5.76 Å². The summed E-state index contributed by atoms with van der Waals surface area (Å²) >= 11 is 0. The smallest absolute Gasteiger partial charge is 0.240 e. The topological polar surface area (TPSA) is 83.1 Å². The van der Waals surface area contributed by atoms with Crippen LogP contribution in [-0.4, -0.2) is 8.42 Å². The van der Waals surface area contributed by atoms with E-state index in [1.165, 1.54) is 24.3 Å². The van der Waals surface area contributed by atoms with E-state index < -0.39 is 10.0 Å². The molecule has 1 heterocycles. The Balaban J connectivity index is 2.11. The summed E-state index contributed by atoms with van der Waals surface area (Å²) in [6, 6.07) is 11.1. The van der Waals surface area contributed by atoms with E-state index in [1.54, 1.807) is 19.1 Å². The van der Waals surface area contributed by atoms with Crippen LogP contribution in [0, 0.1) is 18.3 Å². The summed E-state index contributed by atoms with van der Waals surface area (Å²) in [7, 11) is -3.59. The van der Waals surface area contributed by atoms with Crippen LogP contribution in [0.5, 0.6) is 0 Å². The van der Waals surface area contributed by atoms with Crippen LogP contribution in [0.3, 0.4) is 0 Å². The molecular weight excluding hydrogens is 264 g/mol. The van der Waals surface area contributed by atoms with Gasteiger partial charge in [-0.3, -0.25) is 0 Å². The van der Waals surface area contributed by atoms with Gasteiger partial charge in [-0.15, -0.1) is 0 Å². The van der Waals surface area contributed by atoms with Crippen LogP contribution in [0.25, 0.3) is 0 Å². The second kappa shape index (κ2) is 5.26. The van der Waals surface area contributed by atoms with E-state index in [1.807, 2.05) is 6.07 Å². The molecule has 0 fully saturated rings. The van der Waals surface area contributed by atoms with Crippen molar-refractivity contribution in [1.82, 2.24) is 4.72 Å². The standard InChI is InChI=1S/C13H12N2O3S/c1-10-2-5-12(18-10)9-15-19(16,17)13-6-3-11(8-14)4-7-13/h2-7,15H,9H2,1H3. The molecule has 2 aromatic rings. The summed E-state index contributed by atoms with van der Waals surface area (Å²) < 4.78 is 31.7. The first-order valence-corrected chi connectivity index (χ1v) is 7.05. The van der Waals surface area contributed by atoms with Gasteiger partial charge in [0, 0.05) is 0 Å². The molecule has 0 amide bonds. The lowest BCUT2D eigenvalue weighted by Crippen LogP contribution is -2.22. The number of hydrogen-bond donors (Lipinski definition) is 1. The molecule has 5 nitrogen and oxygen atoms in total. The van der Waals surface area contributed by atoms with Gasteiger partial charge in [0.05, 0.1) is 23.1 Å². The van der Waals surface area contributed by atoms with Crippen LogP contribution in [0.2, 0.25) is 0 Å². The highest BCUT2D eigenvalue weighted by Crippen LogP contribution is 2.12. The summed E-state index contributed by atoms with van der Waals surface area (Å²) in [5, 5.41) is 8.66. The molecule has 98 valence electrons. The van der Waals surface area contributed by atoms with Crippen molar-refractivity contribution in [2.45, 2.75) is 18.4 Å². The largest absolute Gasteiger partial charge is 0.465 e. The fourth-order valence-electron chi connectivity index (χ4n) is 1.54. The van der Waals surface area contributed by atoms with E-state index in [0.29, 0.717) is 11.3 Å². The second-order valence-electron chi connectivity index (χ2n) is 3.97. The van der Waals surface area contributed by atoms with Crippen LogP contribution in [0.15, 0.2) is 45.7 Å². The van der Waals surface area contributed by atoms with Crippen molar-refractivity contribution in [1.29, 1.82) is 5.26 Å². The fourth-order valence-corrected chi connectivity index (χ4v) is 2.53. The molecule has 1 aromatic heterocycles. The van der Waals surface area contributed by atoms with Crippen LogP contribution in [0.4, 0.5) is 0 Å². The van der Waals surface area contributed by atoms with E-state index in [4.69, 9.17) is 9.68 Å². The number of nitrogens with one attached hydrogen (secondary N) is 1. The number of nitriles is 1. The van der Waals surface area contributed by atoms with Gasteiger partial charge < -0.3 is 4.42 Å². The number of furan rings is 1. The maximum absolute atomic E-state index is 12.0. The van der Waals surface area contributed by atoms with Gasteiger partial charge in [0.2, 0.25) is 10.0 Å². The Morgan fingerprint density at radius 3 is 2.42 bits per heavy atom. The predicted molar refractivity (Wildman–Crippen MR) is 68.6 cm³/mol. The van der Waals surface area contributed by atoms with Crippen molar-refractivity contribution in [3.05, 3.63) is 53.5 Å². The second-order valence-corrected chi connectivity index (χ2v) is 5.74. The molecule has 6 heteroatoms. The predicted octanol–water partition coefficient (Wildman–Crippen LogP) is 1.94. The lowest BCUT2D eigenvalue weighted by Gasteiger charge is -2.05. The molecule has 19 heavy (non-hydrogen) atoms. The number of rotatable bonds is 4. The third kappa shape index (κ3) is 3.22. The minimum atomic E-state index is -3.59. The Kier molecular flexibility index (Phi) is 3.69. The molecule has 0 saturated carbocycles.